The van der Waals surface area contributed by atoms with Crippen molar-refractivity contribution in [2.75, 3.05) is 13.2 Å². The molecular weight excluding hydrogens is 486 g/mol. The van der Waals surface area contributed by atoms with E-state index in [-0.39, 0.29) is 5.91 Å². The minimum atomic E-state index is -0.122. The summed E-state index contributed by atoms with van der Waals surface area (Å²) in [5, 5.41) is 0.560. The average Bonchev–Trinajstić information content (AvgIpc) is 3.08. The van der Waals surface area contributed by atoms with E-state index in [1.54, 1.807) is 29.2 Å². The molecule has 34 heavy (non-hydrogen) atoms. The van der Waals surface area contributed by atoms with E-state index in [1.807, 2.05) is 56.3 Å². The van der Waals surface area contributed by atoms with E-state index in [0.717, 1.165) is 28.0 Å². The van der Waals surface area contributed by atoms with Crippen LogP contribution in [0.5, 0.6) is 11.5 Å². The number of hydrogen-bond donors (Lipinski definition) is 0. The van der Waals surface area contributed by atoms with Crippen molar-refractivity contribution in [3.63, 3.8) is 0 Å². The number of hydrogen-bond acceptors (Lipinski definition) is 5. The second kappa shape index (κ2) is 11.1. The van der Waals surface area contributed by atoms with Crippen LogP contribution in [0.15, 0.2) is 71.6 Å². The Kier molecular flexibility index (Phi) is 7.93. The van der Waals surface area contributed by atoms with Gasteiger partial charge in [0.1, 0.15) is 29.0 Å². The normalized spacial score (nSPS) is 14.7. The Hall–Kier alpha value is -2.80. The fourth-order valence-electron chi connectivity index (χ4n) is 3.47. The number of amides is 1. The predicted octanol–water partition coefficient (Wildman–Crippen LogP) is 6.82. The molecule has 0 aromatic heterocycles. The summed E-state index contributed by atoms with van der Waals surface area (Å²) in [6, 6.07) is 21.3. The largest absolute Gasteiger partial charge is 0.490 e. The van der Waals surface area contributed by atoms with Gasteiger partial charge in [0.2, 0.25) is 0 Å². The van der Waals surface area contributed by atoms with E-state index < -0.39 is 0 Å². The number of ether oxygens (including phenoxy) is 2. The van der Waals surface area contributed by atoms with E-state index in [1.165, 1.54) is 11.8 Å². The van der Waals surface area contributed by atoms with E-state index >= 15 is 0 Å². The number of benzene rings is 3. The van der Waals surface area contributed by atoms with Crippen molar-refractivity contribution in [3.05, 3.63) is 98.9 Å². The molecule has 0 N–H and O–H groups in total. The third-order valence-corrected chi connectivity index (χ3v) is 6.87. The molecule has 174 valence electrons. The Morgan fingerprint density at radius 1 is 0.971 bits per heavy atom. The molecule has 3 aromatic carbocycles. The van der Waals surface area contributed by atoms with Crippen molar-refractivity contribution in [2.24, 2.45) is 0 Å². The minimum absolute atomic E-state index is 0.122. The number of thioether (sulfide) groups is 1. The van der Waals surface area contributed by atoms with Crippen LogP contribution in [-0.4, -0.2) is 28.3 Å². The second-order valence-corrected chi connectivity index (χ2v) is 10.0. The van der Waals surface area contributed by atoms with Crippen molar-refractivity contribution < 1.29 is 14.3 Å². The van der Waals surface area contributed by atoms with Crippen LogP contribution in [-0.2, 0) is 11.3 Å². The highest BCUT2D eigenvalue weighted by atomic mass is 35.5. The summed E-state index contributed by atoms with van der Waals surface area (Å²) >= 11 is 13.0. The van der Waals surface area contributed by atoms with Crippen LogP contribution in [0, 0.1) is 13.8 Å². The standard InChI is InChI=1S/C27H24ClNO3S2/c1-18-8-9-19(2)24(14-18)32-13-12-31-23-11-10-22(28)15-21(23)16-25-26(30)29(27(33)34-25)17-20-6-4-3-5-7-20/h3-11,14-16H,12-13,17H2,1-2H3. The van der Waals surface area contributed by atoms with Gasteiger partial charge in [-0.2, -0.15) is 0 Å². The van der Waals surface area contributed by atoms with Gasteiger partial charge in [-0.3, -0.25) is 9.69 Å². The van der Waals surface area contributed by atoms with Gasteiger partial charge in [-0.05, 0) is 60.9 Å². The molecule has 1 amide bonds. The summed E-state index contributed by atoms with van der Waals surface area (Å²) in [6.45, 7) is 5.24. The lowest BCUT2D eigenvalue weighted by molar-refractivity contribution is -0.122. The smallest absolute Gasteiger partial charge is 0.266 e. The molecule has 1 aliphatic heterocycles. The van der Waals surface area contributed by atoms with Gasteiger partial charge >= 0.3 is 0 Å². The van der Waals surface area contributed by atoms with E-state index in [2.05, 4.69) is 6.07 Å². The van der Waals surface area contributed by atoms with E-state index in [9.17, 15) is 4.79 Å². The third-order valence-electron chi connectivity index (χ3n) is 5.26. The third kappa shape index (κ3) is 6.00. The molecule has 0 unspecified atom stereocenters. The van der Waals surface area contributed by atoms with Crippen LogP contribution >= 0.6 is 35.6 Å². The molecule has 1 heterocycles. The molecule has 4 rings (SSSR count). The molecular formula is C27H24ClNO3S2. The Bertz CT molecular complexity index is 1240. The van der Waals surface area contributed by atoms with E-state index in [4.69, 9.17) is 33.3 Å². The van der Waals surface area contributed by atoms with Gasteiger partial charge in [0.05, 0.1) is 11.4 Å². The Balaban J connectivity index is 1.45. The SMILES string of the molecule is Cc1ccc(C)c(OCCOc2ccc(Cl)cc2C=C2SC(=S)N(Cc3ccccc3)C2=O)c1. The van der Waals surface area contributed by atoms with Gasteiger partial charge in [-0.25, -0.2) is 0 Å². The first-order valence-corrected chi connectivity index (χ1v) is 12.4. The van der Waals surface area contributed by atoms with Gasteiger partial charge in [-0.15, -0.1) is 0 Å². The highest BCUT2D eigenvalue weighted by Crippen LogP contribution is 2.36. The molecule has 0 radical (unpaired) electrons. The van der Waals surface area contributed by atoms with Crippen molar-refractivity contribution in [1.82, 2.24) is 4.90 Å². The summed E-state index contributed by atoms with van der Waals surface area (Å²) in [6.07, 6.45) is 1.79. The lowest BCUT2D eigenvalue weighted by Crippen LogP contribution is -2.27. The van der Waals surface area contributed by atoms with Gasteiger partial charge in [0, 0.05) is 10.6 Å². The van der Waals surface area contributed by atoms with E-state index in [0.29, 0.717) is 39.8 Å². The lowest BCUT2D eigenvalue weighted by atomic mass is 10.1. The number of aryl methyl sites for hydroxylation is 2. The Morgan fingerprint density at radius 2 is 1.71 bits per heavy atom. The molecule has 1 fully saturated rings. The zero-order valence-corrected chi connectivity index (χ0v) is 21.3. The molecule has 0 atom stereocenters. The van der Waals surface area contributed by atoms with Gasteiger partial charge in [-0.1, -0.05) is 78.0 Å². The Morgan fingerprint density at radius 3 is 2.47 bits per heavy atom. The first kappa shape index (κ1) is 24.3. The first-order chi connectivity index (χ1) is 16.4. The van der Waals surface area contributed by atoms with Crippen LogP contribution in [0.3, 0.4) is 0 Å². The maximum absolute atomic E-state index is 13.1. The highest BCUT2D eigenvalue weighted by Gasteiger charge is 2.32. The summed E-state index contributed by atoms with van der Waals surface area (Å²) in [4.78, 5) is 15.2. The van der Waals surface area contributed by atoms with Crippen LogP contribution in [0.1, 0.15) is 22.3 Å². The molecule has 7 heteroatoms. The monoisotopic (exact) mass is 509 g/mol. The fourth-order valence-corrected chi connectivity index (χ4v) is 4.90. The molecule has 0 spiro atoms. The van der Waals surface area contributed by atoms with Crippen LogP contribution in [0.25, 0.3) is 6.08 Å². The number of rotatable bonds is 8. The Labute approximate surface area is 214 Å². The first-order valence-electron chi connectivity index (χ1n) is 10.8. The van der Waals surface area contributed by atoms with Crippen molar-refractivity contribution in [2.45, 2.75) is 20.4 Å². The van der Waals surface area contributed by atoms with Gasteiger partial charge < -0.3 is 9.47 Å². The van der Waals surface area contributed by atoms with Crippen LogP contribution in [0.2, 0.25) is 5.02 Å². The summed E-state index contributed by atoms with van der Waals surface area (Å²) < 4.78 is 12.4. The zero-order chi connectivity index (χ0) is 24.1. The molecule has 0 saturated carbocycles. The van der Waals surface area contributed by atoms with Crippen molar-refractivity contribution >= 4 is 51.9 Å². The summed E-state index contributed by atoms with van der Waals surface area (Å²) in [7, 11) is 0. The van der Waals surface area contributed by atoms with Crippen molar-refractivity contribution in [3.8, 4) is 11.5 Å². The predicted molar refractivity (Wildman–Crippen MR) is 144 cm³/mol. The highest BCUT2D eigenvalue weighted by molar-refractivity contribution is 8.26. The maximum Gasteiger partial charge on any atom is 0.266 e. The lowest BCUT2D eigenvalue weighted by Gasteiger charge is -2.14. The maximum atomic E-state index is 13.1. The zero-order valence-electron chi connectivity index (χ0n) is 18.9. The molecule has 0 aliphatic carbocycles. The molecule has 0 bridgehead atoms. The average molecular weight is 510 g/mol. The minimum Gasteiger partial charge on any atom is -0.490 e. The number of carbonyl (C=O) groups is 1. The summed E-state index contributed by atoms with van der Waals surface area (Å²) in [5.74, 6) is 1.35. The number of carbonyl (C=O) groups excluding carboxylic acids is 1. The molecule has 4 nitrogen and oxygen atoms in total. The summed E-state index contributed by atoms with van der Waals surface area (Å²) in [5.41, 5.74) is 3.97. The number of thiocarbonyl (C=S) groups is 1. The molecule has 3 aromatic rings. The molecule has 1 saturated heterocycles. The van der Waals surface area contributed by atoms with Crippen molar-refractivity contribution in [1.29, 1.82) is 0 Å². The van der Waals surface area contributed by atoms with Crippen LogP contribution < -0.4 is 9.47 Å². The topological polar surface area (TPSA) is 38.8 Å². The van der Waals surface area contributed by atoms with Crippen LogP contribution in [0.4, 0.5) is 0 Å². The fraction of sp³-hybridized carbons (Fsp3) is 0.185. The number of nitrogens with zero attached hydrogens (tertiary/aromatic N) is 1. The van der Waals surface area contributed by atoms with Gasteiger partial charge in [0.25, 0.3) is 5.91 Å². The quantitative estimate of drug-likeness (QED) is 0.189. The van der Waals surface area contributed by atoms with Gasteiger partial charge in [0.15, 0.2) is 0 Å². The second-order valence-electron chi connectivity index (χ2n) is 7.90. The molecule has 1 aliphatic rings. The number of halogens is 1.